The highest BCUT2D eigenvalue weighted by Gasteiger charge is 2.20. The average Bonchev–Trinajstić information content (AvgIpc) is 2.84. The first kappa shape index (κ1) is 21.0. The number of hydrogen-bond acceptors (Lipinski definition) is 6. The molecule has 0 aliphatic carbocycles. The zero-order valence-electron chi connectivity index (χ0n) is 18.6. The van der Waals surface area contributed by atoms with Gasteiger partial charge in [0.2, 0.25) is 5.95 Å². The van der Waals surface area contributed by atoms with Gasteiger partial charge in [-0.15, -0.1) is 0 Å². The zero-order chi connectivity index (χ0) is 22.8. The number of benzene rings is 2. The van der Waals surface area contributed by atoms with Crippen LogP contribution in [0.3, 0.4) is 0 Å². The van der Waals surface area contributed by atoms with Gasteiger partial charge in [0.25, 0.3) is 5.91 Å². The quantitative estimate of drug-likeness (QED) is 0.526. The highest BCUT2D eigenvalue weighted by molar-refractivity contribution is 5.95. The smallest absolute Gasteiger partial charge is 0.253 e. The molecule has 4 aromatic rings. The van der Waals surface area contributed by atoms with Crippen LogP contribution in [-0.4, -0.2) is 63.9 Å². The molecule has 0 atom stereocenters. The maximum atomic E-state index is 12.8. The summed E-state index contributed by atoms with van der Waals surface area (Å²) in [6.07, 6.45) is 0.624. The second kappa shape index (κ2) is 8.96. The van der Waals surface area contributed by atoms with E-state index in [0.717, 1.165) is 59.7 Å². The van der Waals surface area contributed by atoms with Crippen molar-refractivity contribution in [1.29, 1.82) is 0 Å². The Bertz CT molecular complexity index is 1280. The molecule has 0 radical (unpaired) electrons. The van der Waals surface area contributed by atoms with E-state index in [9.17, 15) is 4.79 Å². The normalized spacial score (nSPS) is 14.5. The van der Waals surface area contributed by atoms with Gasteiger partial charge < -0.3 is 15.5 Å². The highest BCUT2D eigenvalue weighted by Crippen LogP contribution is 2.24. The molecule has 3 heterocycles. The molecule has 166 valence electrons. The molecule has 7 heteroatoms. The van der Waals surface area contributed by atoms with Crippen LogP contribution in [0.2, 0.25) is 0 Å². The Balaban J connectivity index is 1.43. The van der Waals surface area contributed by atoms with E-state index >= 15 is 0 Å². The van der Waals surface area contributed by atoms with Crippen molar-refractivity contribution in [3.8, 4) is 11.3 Å². The number of carbonyl (C=O) groups excluding carboxylic acids is 1. The van der Waals surface area contributed by atoms with Crippen molar-refractivity contribution in [2.24, 2.45) is 0 Å². The lowest BCUT2D eigenvalue weighted by Crippen LogP contribution is -2.47. The van der Waals surface area contributed by atoms with Crippen LogP contribution < -0.4 is 5.73 Å². The fraction of sp³-hybridized carbons (Fsp3) is 0.231. The topological polar surface area (TPSA) is 88.2 Å². The first-order valence-electron chi connectivity index (χ1n) is 11.1. The molecule has 0 unspecified atom stereocenters. The van der Waals surface area contributed by atoms with E-state index in [-0.39, 0.29) is 11.9 Å². The standard InChI is InChI=1S/C26H26N6O/c1-31-13-15-32(16-14-31)25(33)20-9-7-19(8-10-20)21-11-12-22-24(28-21)23(30-26(27)29-22)17-18-5-3-2-4-6-18/h2-12H,13-17H2,1H3,(H2,27,29,30). The Hall–Kier alpha value is -3.84. The summed E-state index contributed by atoms with van der Waals surface area (Å²) < 4.78 is 0. The molecule has 1 aliphatic rings. The lowest BCUT2D eigenvalue weighted by atomic mass is 10.1. The molecule has 33 heavy (non-hydrogen) atoms. The van der Waals surface area contributed by atoms with E-state index < -0.39 is 0 Å². The van der Waals surface area contributed by atoms with Crippen molar-refractivity contribution in [3.63, 3.8) is 0 Å². The monoisotopic (exact) mass is 438 g/mol. The van der Waals surface area contributed by atoms with Gasteiger partial charge in [-0.3, -0.25) is 4.79 Å². The molecule has 1 amide bonds. The van der Waals surface area contributed by atoms with Crippen molar-refractivity contribution in [1.82, 2.24) is 24.8 Å². The molecule has 1 fully saturated rings. The van der Waals surface area contributed by atoms with E-state index in [2.05, 4.69) is 34.0 Å². The number of fused-ring (bicyclic) bond motifs is 1. The second-order valence-corrected chi connectivity index (χ2v) is 8.43. The summed E-state index contributed by atoms with van der Waals surface area (Å²) in [5, 5.41) is 0. The number of nitrogens with zero attached hydrogens (tertiary/aromatic N) is 5. The number of aromatic nitrogens is 3. The first-order chi connectivity index (χ1) is 16.1. The molecule has 0 bridgehead atoms. The molecule has 0 saturated carbocycles. The van der Waals surface area contributed by atoms with E-state index in [1.54, 1.807) is 0 Å². The molecule has 1 aliphatic heterocycles. The molecule has 5 rings (SSSR count). The minimum Gasteiger partial charge on any atom is -0.368 e. The average molecular weight is 439 g/mol. The number of nitrogen functional groups attached to an aromatic ring is 1. The molecular weight excluding hydrogens is 412 g/mol. The Morgan fingerprint density at radius 3 is 2.33 bits per heavy atom. The number of hydrogen-bond donors (Lipinski definition) is 1. The van der Waals surface area contributed by atoms with E-state index in [1.165, 1.54) is 0 Å². The number of piperazine rings is 1. The van der Waals surface area contributed by atoms with E-state index in [4.69, 9.17) is 10.7 Å². The summed E-state index contributed by atoms with van der Waals surface area (Å²) in [6, 6.07) is 21.6. The third-order valence-corrected chi connectivity index (χ3v) is 6.06. The Morgan fingerprint density at radius 2 is 1.61 bits per heavy atom. The predicted octanol–water partition coefficient (Wildman–Crippen LogP) is 3.25. The van der Waals surface area contributed by atoms with Gasteiger partial charge in [0, 0.05) is 43.7 Å². The van der Waals surface area contributed by atoms with Crippen LogP contribution >= 0.6 is 0 Å². The van der Waals surface area contributed by atoms with Gasteiger partial charge in [-0.25, -0.2) is 15.0 Å². The lowest BCUT2D eigenvalue weighted by Gasteiger charge is -2.32. The maximum absolute atomic E-state index is 12.8. The third kappa shape index (κ3) is 4.54. The minimum absolute atomic E-state index is 0.0788. The summed E-state index contributed by atoms with van der Waals surface area (Å²) >= 11 is 0. The minimum atomic E-state index is 0.0788. The number of nitrogens with two attached hydrogens (primary N) is 1. The number of rotatable bonds is 4. The van der Waals surface area contributed by atoms with Crippen LogP contribution in [0, 0.1) is 0 Å². The number of amides is 1. The van der Waals surface area contributed by atoms with Gasteiger partial charge in [-0.2, -0.15) is 0 Å². The van der Waals surface area contributed by atoms with Gasteiger partial charge in [-0.05, 0) is 36.9 Å². The number of pyridine rings is 1. The molecule has 2 N–H and O–H groups in total. The SMILES string of the molecule is CN1CCN(C(=O)c2ccc(-c3ccc4nc(N)nc(Cc5ccccc5)c4n3)cc2)CC1. The van der Waals surface area contributed by atoms with Crippen LogP contribution in [0.5, 0.6) is 0 Å². The van der Waals surface area contributed by atoms with E-state index in [1.807, 2.05) is 59.5 Å². The number of carbonyl (C=O) groups is 1. The summed E-state index contributed by atoms with van der Waals surface area (Å²) in [5.74, 6) is 0.324. The zero-order valence-corrected chi connectivity index (χ0v) is 18.6. The summed E-state index contributed by atoms with van der Waals surface area (Å²) in [5.41, 5.74) is 11.8. The van der Waals surface area contributed by atoms with Gasteiger partial charge in [-0.1, -0.05) is 42.5 Å². The van der Waals surface area contributed by atoms with Crippen LogP contribution in [0.4, 0.5) is 5.95 Å². The van der Waals surface area contributed by atoms with Crippen LogP contribution in [0.15, 0.2) is 66.7 Å². The van der Waals surface area contributed by atoms with Crippen molar-refractivity contribution in [2.45, 2.75) is 6.42 Å². The summed E-state index contributed by atoms with van der Waals surface area (Å²) in [6.45, 7) is 3.33. The first-order valence-corrected chi connectivity index (χ1v) is 11.1. The fourth-order valence-electron chi connectivity index (χ4n) is 4.14. The summed E-state index contributed by atoms with van der Waals surface area (Å²) in [7, 11) is 2.08. The molecule has 1 saturated heterocycles. The van der Waals surface area contributed by atoms with Crippen LogP contribution in [0.1, 0.15) is 21.6 Å². The Labute approximate surface area is 192 Å². The highest BCUT2D eigenvalue weighted by atomic mass is 16.2. The van der Waals surface area contributed by atoms with Gasteiger partial charge in [0.15, 0.2) is 0 Å². The molecule has 2 aromatic heterocycles. The molecule has 7 nitrogen and oxygen atoms in total. The Kier molecular flexibility index (Phi) is 5.71. The van der Waals surface area contributed by atoms with Crippen molar-refractivity contribution >= 4 is 22.9 Å². The number of anilines is 1. The van der Waals surface area contributed by atoms with Gasteiger partial charge >= 0.3 is 0 Å². The molecule has 2 aromatic carbocycles. The van der Waals surface area contributed by atoms with E-state index in [0.29, 0.717) is 12.0 Å². The lowest BCUT2D eigenvalue weighted by molar-refractivity contribution is 0.0664. The largest absolute Gasteiger partial charge is 0.368 e. The van der Waals surface area contributed by atoms with Crippen molar-refractivity contribution in [3.05, 3.63) is 83.6 Å². The van der Waals surface area contributed by atoms with Crippen molar-refractivity contribution in [2.75, 3.05) is 39.0 Å². The number of likely N-dealkylation sites (N-methyl/N-ethyl adjacent to an activating group) is 1. The molecular formula is C26H26N6O. The van der Waals surface area contributed by atoms with Crippen LogP contribution in [-0.2, 0) is 6.42 Å². The fourth-order valence-corrected chi connectivity index (χ4v) is 4.14. The van der Waals surface area contributed by atoms with Crippen LogP contribution in [0.25, 0.3) is 22.3 Å². The predicted molar refractivity (Wildman–Crippen MR) is 130 cm³/mol. The Morgan fingerprint density at radius 1 is 0.879 bits per heavy atom. The van der Waals surface area contributed by atoms with Gasteiger partial charge in [0.1, 0.15) is 5.52 Å². The second-order valence-electron chi connectivity index (χ2n) is 8.43. The summed E-state index contributed by atoms with van der Waals surface area (Å²) in [4.78, 5) is 30.7. The van der Waals surface area contributed by atoms with Gasteiger partial charge in [0.05, 0.1) is 16.9 Å². The third-order valence-electron chi connectivity index (χ3n) is 6.06. The van der Waals surface area contributed by atoms with Crippen molar-refractivity contribution < 1.29 is 4.79 Å². The molecule has 0 spiro atoms. The maximum Gasteiger partial charge on any atom is 0.253 e.